The van der Waals surface area contributed by atoms with E-state index < -0.39 is 14.0 Å². The predicted octanol–water partition coefficient (Wildman–Crippen LogP) is 5.76. The van der Waals surface area contributed by atoms with Crippen LogP contribution in [-0.2, 0) is 13.2 Å². The minimum Gasteiger partial charge on any atom is -0.478 e. The van der Waals surface area contributed by atoms with Crippen molar-refractivity contribution in [1.82, 2.24) is 25.3 Å². The highest BCUT2D eigenvalue weighted by Gasteiger charge is 2.41. The lowest BCUT2D eigenvalue weighted by atomic mass is 9.86. The van der Waals surface area contributed by atoms with E-state index in [0.29, 0.717) is 28.2 Å². The first-order valence-corrected chi connectivity index (χ1v) is 22.6. The highest BCUT2D eigenvalue weighted by Crippen LogP contribution is 2.43. The summed E-state index contributed by atoms with van der Waals surface area (Å²) in [4.78, 5) is 44.7. The van der Waals surface area contributed by atoms with Crippen molar-refractivity contribution in [2.75, 3.05) is 36.8 Å². The SMILES string of the molecule is C[Si]1(C)C2=CC(=[N+]3CCCC3)C=CC2=C(c2cc(C(=O)NCc3ccc(COc4nc(N)nc5[nH]cnc45)cc3)ccc2C(=O)O)c2ccc(N3CCCC3)cc21. The number of rotatable bonds is 9. The summed E-state index contributed by atoms with van der Waals surface area (Å²) in [5, 5.41) is 16.2. The molecule has 9 rings (SSSR count). The Morgan fingerprint density at radius 1 is 0.947 bits per heavy atom. The van der Waals surface area contributed by atoms with Crippen molar-refractivity contribution in [3.63, 3.8) is 0 Å². The quantitative estimate of drug-likeness (QED) is 0.108. The van der Waals surface area contributed by atoms with E-state index in [-0.39, 0.29) is 30.6 Å². The average molecular weight is 778 g/mol. The van der Waals surface area contributed by atoms with E-state index in [9.17, 15) is 14.7 Å². The van der Waals surface area contributed by atoms with Gasteiger partial charge in [-0.25, -0.2) is 14.4 Å². The van der Waals surface area contributed by atoms with Crippen molar-refractivity contribution in [3.05, 3.63) is 129 Å². The van der Waals surface area contributed by atoms with E-state index >= 15 is 0 Å². The number of benzene rings is 3. The standard InChI is InChI=1S/C44H44N8O4Si/c1-57(2)36-22-30(51-17-3-4-18-51)12-15-33(36)38(34-16-13-31(23-37(34)57)52-19-5-6-20-52)35-21-29(11-14-32(35)43(54)55)41(53)46-24-27-7-9-28(10-8-27)25-56-42-39-40(48-26-47-39)49-44(45)50-42/h7-16,21-23,26H,3-6,17-20,24-25H2,1-2H3,(H4-,45,46,47,48,49,50,53,54,55)/p+1. The number of aromatic nitrogens is 4. The number of fused-ring (bicyclic) bond motifs is 3. The Bertz CT molecular complexity index is 2570. The lowest BCUT2D eigenvalue weighted by molar-refractivity contribution is -0.504. The number of nitrogens with two attached hydrogens (primary N) is 1. The van der Waals surface area contributed by atoms with E-state index in [0.717, 1.165) is 54.0 Å². The van der Waals surface area contributed by atoms with Gasteiger partial charge in [-0.1, -0.05) is 43.4 Å². The van der Waals surface area contributed by atoms with Gasteiger partial charge in [-0.15, -0.1) is 0 Å². The molecule has 5 aromatic rings. The van der Waals surface area contributed by atoms with Crippen LogP contribution in [0, 0.1) is 0 Å². The molecule has 0 atom stereocenters. The number of carbonyl (C=O) groups excluding carboxylic acids is 1. The van der Waals surface area contributed by atoms with E-state index in [1.165, 1.54) is 53.8 Å². The number of nitrogens with zero attached hydrogens (tertiary/aromatic N) is 5. The van der Waals surface area contributed by atoms with Crippen LogP contribution in [0.2, 0.25) is 13.1 Å². The summed E-state index contributed by atoms with van der Waals surface area (Å²) >= 11 is 0. The van der Waals surface area contributed by atoms with Gasteiger partial charge in [0.1, 0.15) is 27.8 Å². The Kier molecular flexibility index (Phi) is 9.32. The molecule has 5 heterocycles. The molecule has 3 aliphatic heterocycles. The number of nitrogen functional groups attached to an aromatic ring is 1. The molecule has 2 saturated heterocycles. The van der Waals surface area contributed by atoms with Gasteiger partial charge in [0.25, 0.3) is 5.91 Å². The van der Waals surface area contributed by atoms with Crippen LogP contribution in [0.5, 0.6) is 5.88 Å². The first-order chi connectivity index (χ1) is 27.6. The molecule has 0 spiro atoms. The molecule has 2 fully saturated rings. The largest absolute Gasteiger partial charge is 0.478 e. The van der Waals surface area contributed by atoms with Gasteiger partial charge in [0.15, 0.2) is 16.9 Å². The maximum atomic E-state index is 13.8. The fourth-order valence-corrected chi connectivity index (χ4v) is 11.7. The van der Waals surface area contributed by atoms with Crippen molar-refractivity contribution < 1.29 is 24.0 Å². The summed E-state index contributed by atoms with van der Waals surface area (Å²) in [6.07, 6.45) is 13.0. The number of allylic oxidation sites excluding steroid dienone is 5. The number of carboxylic acid groups (broad SMARTS) is 1. The number of amides is 1. The fraction of sp³-hybridized carbons (Fsp3) is 0.273. The summed E-state index contributed by atoms with van der Waals surface area (Å²) in [6.45, 7) is 9.53. The number of anilines is 2. The topological polar surface area (TPSA) is 162 Å². The molecular weight excluding hydrogens is 733 g/mol. The third kappa shape index (κ3) is 6.81. The summed E-state index contributed by atoms with van der Waals surface area (Å²) in [7, 11) is -2.26. The number of imidazole rings is 1. The van der Waals surface area contributed by atoms with Gasteiger partial charge >= 0.3 is 5.97 Å². The van der Waals surface area contributed by atoms with Crippen molar-refractivity contribution >= 4 is 59.2 Å². The second-order valence-electron chi connectivity index (χ2n) is 15.7. The predicted molar refractivity (Wildman–Crippen MR) is 224 cm³/mol. The minimum absolute atomic E-state index is 0.0909. The van der Waals surface area contributed by atoms with Crippen LogP contribution in [0.15, 0.2) is 96.0 Å². The Balaban J connectivity index is 1.02. The van der Waals surface area contributed by atoms with Crippen LogP contribution < -0.4 is 25.9 Å². The van der Waals surface area contributed by atoms with Crippen LogP contribution in [-0.4, -0.2) is 81.5 Å². The van der Waals surface area contributed by atoms with Gasteiger partial charge in [0, 0.05) is 55.9 Å². The highest BCUT2D eigenvalue weighted by molar-refractivity contribution is 6.98. The smallest absolute Gasteiger partial charge is 0.336 e. The lowest BCUT2D eigenvalue weighted by Gasteiger charge is -2.38. The average Bonchev–Trinajstić information content (AvgIpc) is 4.04. The van der Waals surface area contributed by atoms with Gasteiger partial charge in [0.2, 0.25) is 11.8 Å². The van der Waals surface area contributed by atoms with Crippen LogP contribution >= 0.6 is 0 Å². The highest BCUT2D eigenvalue weighted by atomic mass is 28.3. The van der Waals surface area contributed by atoms with Crippen LogP contribution in [0.4, 0.5) is 11.6 Å². The number of hydrogen-bond acceptors (Lipinski definition) is 8. The molecule has 1 aliphatic carbocycles. The Labute approximate surface area is 331 Å². The second kappa shape index (κ2) is 14.6. The van der Waals surface area contributed by atoms with Gasteiger partial charge in [0.05, 0.1) is 11.9 Å². The monoisotopic (exact) mass is 777 g/mol. The van der Waals surface area contributed by atoms with Gasteiger partial charge in [-0.05, 0) is 93.0 Å². The third-order valence-electron chi connectivity index (χ3n) is 11.7. The molecule has 0 saturated carbocycles. The number of hydrogen-bond donors (Lipinski definition) is 4. The maximum absolute atomic E-state index is 13.8. The number of carboxylic acids is 1. The Hall–Kier alpha value is -6.34. The zero-order valence-electron chi connectivity index (χ0n) is 32.1. The van der Waals surface area contributed by atoms with Gasteiger partial charge in [-0.2, -0.15) is 9.97 Å². The number of aromatic carboxylic acids is 1. The second-order valence-corrected chi connectivity index (χ2v) is 20.0. The normalized spacial score (nSPS) is 17.2. The molecule has 2 aromatic heterocycles. The third-order valence-corrected chi connectivity index (χ3v) is 15.3. The maximum Gasteiger partial charge on any atom is 0.336 e. The van der Waals surface area contributed by atoms with Crippen molar-refractivity contribution in [3.8, 4) is 5.88 Å². The summed E-state index contributed by atoms with van der Waals surface area (Å²) < 4.78 is 8.37. The van der Waals surface area contributed by atoms with Crippen molar-refractivity contribution in [2.45, 2.75) is 51.9 Å². The van der Waals surface area contributed by atoms with E-state index in [1.54, 1.807) is 18.2 Å². The van der Waals surface area contributed by atoms with Crippen LogP contribution in [0.25, 0.3) is 16.7 Å². The molecule has 13 heteroatoms. The molecule has 0 bridgehead atoms. The van der Waals surface area contributed by atoms with Crippen molar-refractivity contribution in [1.29, 1.82) is 0 Å². The zero-order valence-corrected chi connectivity index (χ0v) is 33.1. The fourth-order valence-electron chi connectivity index (χ4n) is 8.65. The molecule has 288 valence electrons. The van der Waals surface area contributed by atoms with E-state index in [2.05, 4.69) is 84.2 Å². The molecule has 57 heavy (non-hydrogen) atoms. The lowest BCUT2D eigenvalue weighted by Crippen LogP contribution is -2.50. The van der Waals surface area contributed by atoms with E-state index in [4.69, 9.17) is 10.5 Å². The molecule has 12 nitrogen and oxygen atoms in total. The number of carbonyl (C=O) groups is 2. The van der Waals surface area contributed by atoms with Crippen LogP contribution in [0.1, 0.15) is 68.7 Å². The molecular formula is C44H45N8O4Si+. The van der Waals surface area contributed by atoms with Gasteiger partial charge < -0.3 is 30.8 Å². The molecule has 0 radical (unpaired) electrons. The molecule has 0 unspecified atom stereocenters. The first-order valence-electron chi connectivity index (χ1n) is 19.6. The zero-order chi connectivity index (χ0) is 39.3. The minimum atomic E-state index is -2.26. The first kappa shape index (κ1) is 36.3. The summed E-state index contributed by atoms with van der Waals surface area (Å²) in [5.74, 6) is -0.928. The molecule has 4 aliphatic rings. The number of ether oxygens (including phenoxy) is 1. The van der Waals surface area contributed by atoms with Crippen molar-refractivity contribution in [2.24, 2.45) is 0 Å². The number of aromatic amines is 1. The molecule has 5 N–H and O–H groups in total. The number of H-pyrrole nitrogens is 1. The van der Waals surface area contributed by atoms with Crippen LogP contribution in [0.3, 0.4) is 0 Å². The molecule has 1 amide bonds. The Morgan fingerprint density at radius 2 is 1.72 bits per heavy atom. The Morgan fingerprint density at radius 3 is 2.49 bits per heavy atom. The number of nitrogens with one attached hydrogen (secondary N) is 2. The molecule has 3 aromatic carbocycles. The van der Waals surface area contributed by atoms with Gasteiger partial charge in [-0.3, -0.25) is 4.79 Å². The van der Waals surface area contributed by atoms with E-state index in [1.807, 2.05) is 24.3 Å². The summed E-state index contributed by atoms with van der Waals surface area (Å²) in [6, 6.07) is 19.4. The summed E-state index contributed by atoms with van der Waals surface area (Å²) in [5.41, 5.74) is 15.2.